The molecule has 6 heteroatoms. The second kappa shape index (κ2) is 4.71. The SMILES string of the molecule is CS(=O)c1cncc(-c2ccc3nc(N)sc3c2)c1. The normalized spacial score (nSPS) is 12.7. The van der Waals surface area contributed by atoms with E-state index in [1.807, 2.05) is 24.3 Å². The summed E-state index contributed by atoms with van der Waals surface area (Å²) < 4.78 is 12.5. The monoisotopic (exact) mass is 289 g/mol. The molecule has 19 heavy (non-hydrogen) atoms. The summed E-state index contributed by atoms with van der Waals surface area (Å²) in [5.74, 6) is 0. The van der Waals surface area contributed by atoms with Gasteiger partial charge in [-0.25, -0.2) is 4.98 Å². The third-order valence-corrected chi connectivity index (χ3v) is 4.52. The highest BCUT2D eigenvalue weighted by Crippen LogP contribution is 2.29. The van der Waals surface area contributed by atoms with E-state index in [2.05, 4.69) is 9.97 Å². The van der Waals surface area contributed by atoms with Crippen LogP contribution in [0.2, 0.25) is 0 Å². The predicted octanol–water partition coefficient (Wildman–Crippen LogP) is 2.68. The lowest BCUT2D eigenvalue weighted by Gasteiger charge is -2.03. The molecule has 2 N–H and O–H groups in total. The van der Waals surface area contributed by atoms with Crippen LogP contribution in [-0.2, 0) is 10.8 Å². The van der Waals surface area contributed by atoms with Crippen molar-refractivity contribution in [1.29, 1.82) is 0 Å². The Morgan fingerprint density at radius 1 is 1.21 bits per heavy atom. The summed E-state index contributed by atoms with van der Waals surface area (Å²) in [6, 6.07) is 7.84. The number of fused-ring (bicyclic) bond motifs is 1. The van der Waals surface area contributed by atoms with E-state index in [0.29, 0.717) is 5.13 Å². The van der Waals surface area contributed by atoms with Gasteiger partial charge in [-0.05, 0) is 23.8 Å². The largest absolute Gasteiger partial charge is 0.375 e. The molecule has 0 radical (unpaired) electrons. The molecule has 0 saturated heterocycles. The Bertz CT molecular complexity index is 782. The maximum Gasteiger partial charge on any atom is 0.181 e. The highest BCUT2D eigenvalue weighted by Gasteiger charge is 2.06. The van der Waals surface area contributed by atoms with Crippen molar-refractivity contribution in [3.05, 3.63) is 36.7 Å². The molecular weight excluding hydrogens is 278 g/mol. The molecule has 0 bridgehead atoms. The van der Waals surface area contributed by atoms with Crippen molar-refractivity contribution in [2.75, 3.05) is 12.0 Å². The highest BCUT2D eigenvalue weighted by molar-refractivity contribution is 7.84. The van der Waals surface area contributed by atoms with E-state index in [-0.39, 0.29) is 0 Å². The van der Waals surface area contributed by atoms with Crippen LogP contribution in [0.3, 0.4) is 0 Å². The summed E-state index contributed by atoms with van der Waals surface area (Å²) in [4.78, 5) is 9.09. The van der Waals surface area contributed by atoms with Crippen molar-refractivity contribution in [2.24, 2.45) is 0 Å². The van der Waals surface area contributed by atoms with Gasteiger partial charge in [0, 0.05) is 24.2 Å². The van der Waals surface area contributed by atoms with Crippen molar-refractivity contribution in [1.82, 2.24) is 9.97 Å². The maximum absolute atomic E-state index is 11.5. The van der Waals surface area contributed by atoms with Crippen molar-refractivity contribution in [3.8, 4) is 11.1 Å². The number of hydrogen-bond acceptors (Lipinski definition) is 5. The first-order valence-corrected chi connectivity index (χ1v) is 7.96. The Morgan fingerprint density at radius 2 is 2.05 bits per heavy atom. The average molecular weight is 289 g/mol. The highest BCUT2D eigenvalue weighted by atomic mass is 32.2. The molecular formula is C13H11N3OS2. The van der Waals surface area contributed by atoms with Crippen LogP contribution in [0.1, 0.15) is 0 Å². The van der Waals surface area contributed by atoms with Crippen LogP contribution in [0.25, 0.3) is 21.3 Å². The minimum atomic E-state index is -1.03. The first-order chi connectivity index (χ1) is 9.13. The van der Waals surface area contributed by atoms with Gasteiger partial charge in [-0.3, -0.25) is 9.19 Å². The van der Waals surface area contributed by atoms with E-state index in [0.717, 1.165) is 26.2 Å². The zero-order valence-electron chi connectivity index (χ0n) is 10.2. The lowest BCUT2D eigenvalue weighted by Crippen LogP contribution is -1.90. The van der Waals surface area contributed by atoms with Gasteiger partial charge in [0.1, 0.15) is 0 Å². The van der Waals surface area contributed by atoms with Crippen LogP contribution in [0.5, 0.6) is 0 Å². The fourth-order valence-corrected chi connectivity index (χ4v) is 3.13. The molecule has 96 valence electrons. The number of nitrogen functional groups attached to an aromatic ring is 1. The lowest BCUT2D eigenvalue weighted by molar-refractivity contribution is 0.686. The first-order valence-electron chi connectivity index (χ1n) is 5.58. The molecule has 1 atom stereocenters. The number of anilines is 1. The Labute approximate surface area is 116 Å². The summed E-state index contributed by atoms with van der Waals surface area (Å²) in [7, 11) is -1.03. The van der Waals surface area contributed by atoms with Crippen LogP contribution < -0.4 is 5.73 Å². The summed E-state index contributed by atoms with van der Waals surface area (Å²) in [5.41, 5.74) is 8.57. The van der Waals surface area contributed by atoms with E-state index in [9.17, 15) is 4.21 Å². The third-order valence-electron chi connectivity index (χ3n) is 2.78. The zero-order chi connectivity index (χ0) is 13.4. The molecule has 1 unspecified atom stereocenters. The van der Waals surface area contributed by atoms with Gasteiger partial charge in [-0.1, -0.05) is 17.4 Å². The molecule has 0 fully saturated rings. The van der Waals surface area contributed by atoms with Crippen LogP contribution in [-0.4, -0.2) is 20.4 Å². The van der Waals surface area contributed by atoms with Crippen molar-refractivity contribution in [2.45, 2.75) is 4.90 Å². The molecule has 4 nitrogen and oxygen atoms in total. The van der Waals surface area contributed by atoms with Gasteiger partial charge in [0.05, 0.1) is 25.9 Å². The van der Waals surface area contributed by atoms with Gasteiger partial charge < -0.3 is 5.73 Å². The van der Waals surface area contributed by atoms with Gasteiger partial charge in [0.15, 0.2) is 5.13 Å². The van der Waals surface area contributed by atoms with E-state index in [1.54, 1.807) is 18.6 Å². The Hall–Kier alpha value is -1.79. The van der Waals surface area contributed by atoms with Gasteiger partial charge in [-0.2, -0.15) is 0 Å². The van der Waals surface area contributed by atoms with Crippen molar-refractivity contribution in [3.63, 3.8) is 0 Å². The zero-order valence-corrected chi connectivity index (χ0v) is 11.8. The standard InChI is InChI=1S/C13H11N3OS2/c1-19(17)10-4-9(6-15-7-10)8-2-3-11-12(5-8)18-13(14)16-11/h2-7H,1H3,(H2,14,16). The van der Waals surface area contributed by atoms with Crippen molar-refractivity contribution < 1.29 is 4.21 Å². The quantitative estimate of drug-likeness (QED) is 0.787. The van der Waals surface area contributed by atoms with Gasteiger partial charge >= 0.3 is 0 Å². The van der Waals surface area contributed by atoms with Crippen LogP contribution in [0.15, 0.2) is 41.6 Å². The molecule has 0 amide bonds. The summed E-state index contributed by atoms with van der Waals surface area (Å²) in [5, 5.41) is 0.564. The molecule has 0 aliphatic rings. The second-order valence-corrected chi connectivity index (χ2v) is 6.54. The smallest absolute Gasteiger partial charge is 0.181 e. The number of aromatic nitrogens is 2. The predicted molar refractivity (Wildman–Crippen MR) is 79.6 cm³/mol. The summed E-state index contributed by atoms with van der Waals surface area (Å²) in [6.45, 7) is 0. The van der Waals surface area contributed by atoms with Gasteiger partial charge in [0.2, 0.25) is 0 Å². The molecule has 1 aromatic carbocycles. The number of pyridine rings is 1. The van der Waals surface area contributed by atoms with Crippen LogP contribution in [0.4, 0.5) is 5.13 Å². The number of thiazole rings is 1. The first kappa shape index (κ1) is 12.3. The van der Waals surface area contributed by atoms with Gasteiger partial charge in [0.25, 0.3) is 0 Å². The Kier molecular flexibility index (Phi) is 3.04. The Morgan fingerprint density at radius 3 is 2.84 bits per heavy atom. The fraction of sp³-hybridized carbons (Fsp3) is 0.0769. The van der Waals surface area contributed by atoms with Crippen LogP contribution >= 0.6 is 11.3 Å². The summed E-state index contributed by atoms with van der Waals surface area (Å²) >= 11 is 1.46. The molecule has 3 rings (SSSR count). The summed E-state index contributed by atoms with van der Waals surface area (Å²) in [6.07, 6.45) is 5.04. The van der Waals surface area contributed by atoms with Crippen LogP contribution in [0, 0.1) is 0 Å². The van der Waals surface area contributed by atoms with Gasteiger partial charge in [-0.15, -0.1) is 0 Å². The average Bonchev–Trinajstić information content (AvgIpc) is 2.77. The molecule has 3 aromatic rings. The molecule has 0 aliphatic heterocycles. The fourth-order valence-electron chi connectivity index (χ4n) is 1.86. The Balaban J connectivity index is 2.12. The number of nitrogens with two attached hydrogens (primary N) is 1. The molecule has 2 aromatic heterocycles. The minimum Gasteiger partial charge on any atom is -0.375 e. The van der Waals surface area contributed by atoms with E-state index in [1.165, 1.54) is 11.3 Å². The number of nitrogens with zero attached hydrogens (tertiary/aromatic N) is 2. The van der Waals surface area contributed by atoms with E-state index < -0.39 is 10.8 Å². The minimum absolute atomic E-state index is 0.564. The van der Waals surface area contributed by atoms with E-state index >= 15 is 0 Å². The van der Waals surface area contributed by atoms with E-state index in [4.69, 9.17) is 5.73 Å². The number of rotatable bonds is 2. The molecule has 0 aliphatic carbocycles. The molecule has 0 saturated carbocycles. The second-order valence-electron chi connectivity index (χ2n) is 4.10. The lowest BCUT2D eigenvalue weighted by atomic mass is 10.1. The number of hydrogen-bond donors (Lipinski definition) is 1. The molecule has 2 heterocycles. The van der Waals surface area contributed by atoms with Crippen molar-refractivity contribution >= 4 is 37.5 Å². The maximum atomic E-state index is 11.5. The molecule has 0 spiro atoms. The topological polar surface area (TPSA) is 68.9 Å². The number of benzene rings is 1. The third kappa shape index (κ3) is 2.36.